The van der Waals surface area contributed by atoms with Crippen LogP contribution >= 0.6 is 0 Å². The van der Waals surface area contributed by atoms with E-state index in [1.165, 1.54) is 0 Å². The van der Waals surface area contributed by atoms with Crippen molar-refractivity contribution < 1.29 is 19.1 Å². The van der Waals surface area contributed by atoms with Gasteiger partial charge in [0.25, 0.3) is 0 Å². The molecule has 5 heteroatoms. The molecule has 25 heavy (non-hydrogen) atoms. The SMILES string of the molecule is CC(C)(C)OC(=O)N1CCC(CC(=O)C(C=O)c2ccccc2)CC1. The summed E-state index contributed by atoms with van der Waals surface area (Å²) in [6.45, 7) is 6.71. The first-order valence-electron chi connectivity index (χ1n) is 8.81. The second kappa shape index (κ2) is 8.28. The van der Waals surface area contributed by atoms with Crippen LogP contribution in [0.25, 0.3) is 0 Å². The Morgan fingerprint density at radius 3 is 2.32 bits per heavy atom. The molecule has 0 aromatic heterocycles. The zero-order chi connectivity index (χ0) is 18.4. The van der Waals surface area contributed by atoms with Gasteiger partial charge < -0.3 is 14.4 Å². The molecule has 1 heterocycles. The fourth-order valence-electron chi connectivity index (χ4n) is 3.06. The van der Waals surface area contributed by atoms with E-state index in [9.17, 15) is 14.4 Å². The Balaban J connectivity index is 1.86. The van der Waals surface area contributed by atoms with Crippen molar-refractivity contribution in [1.29, 1.82) is 0 Å². The summed E-state index contributed by atoms with van der Waals surface area (Å²) in [4.78, 5) is 37.6. The van der Waals surface area contributed by atoms with Gasteiger partial charge in [-0.05, 0) is 45.1 Å². The number of benzene rings is 1. The lowest BCUT2D eigenvalue weighted by Gasteiger charge is -2.33. The van der Waals surface area contributed by atoms with Gasteiger partial charge in [0.05, 0.1) is 5.92 Å². The smallest absolute Gasteiger partial charge is 0.410 e. The van der Waals surface area contributed by atoms with E-state index in [0.717, 1.165) is 24.7 Å². The Morgan fingerprint density at radius 2 is 1.80 bits per heavy atom. The summed E-state index contributed by atoms with van der Waals surface area (Å²) >= 11 is 0. The van der Waals surface area contributed by atoms with Crippen LogP contribution in [0.1, 0.15) is 51.5 Å². The molecule has 0 spiro atoms. The second-order valence-electron chi connectivity index (χ2n) is 7.61. The number of nitrogens with zero attached hydrogens (tertiary/aromatic N) is 1. The van der Waals surface area contributed by atoms with E-state index in [-0.39, 0.29) is 17.8 Å². The van der Waals surface area contributed by atoms with E-state index >= 15 is 0 Å². The second-order valence-corrected chi connectivity index (χ2v) is 7.61. The minimum absolute atomic E-state index is 0.0445. The normalized spacial score (nSPS) is 17.0. The first-order chi connectivity index (χ1) is 11.8. The van der Waals surface area contributed by atoms with Crippen molar-refractivity contribution >= 4 is 18.2 Å². The first-order valence-corrected chi connectivity index (χ1v) is 8.81. The summed E-state index contributed by atoms with van der Waals surface area (Å²) in [6.07, 6.45) is 2.32. The fourth-order valence-corrected chi connectivity index (χ4v) is 3.06. The van der Waals surface area contributed by atoms with E-state index in [4.69, 9.17) is 4.74 Å². The quantitative estimate of drug-likeness (QED) is 0.604. The van der Waals surface area contributed by atoms with Crippen LogP contribution in [-0.2, 0) is 14.3 Å². The molecule has 0 bridgehead atoms. The molecule has 1 unspecified atom stereocenters. The fraction of sp³-hybridized carbons (Fsp3) is 0.550. The molecular weight excluding hydrogens is 318 g/mol. The number of amides is 1. The minimum atomic E-state index is -0.690. The molecule has 1 aliphatic heterocycles. The number of piperidine rings is 1. The zero-order valence-electron chi connectivity index (χ0n) is 15.2. The van der Waals surface area contributed by atoms with Crippen LogP contribution in [0.5, 0.6) is 0 Å². The van der Waals surface area contributed by atoms with Crippen LogP contribution in [0.4, 0.5) is 4.79 Å². The molecule has 5 nitrogen and oxygen atoms in total. The standard InChI is InChI=1S/C20H27NO4/c1-20(2,3)25-19(24)21-11-9-15(10-12-21)13-18(23)17(14-22)16-7-5-4-6-8-16/h4-8,14-15,17H,9-13H2,1-3H3. The lowest BCUT2D eigenvalue weighted by Crippen LogP contribution is -2.42. The number of carbonyl (C=O) groups is 3. The highest BCUT2D eigenvalue weighted by Crippen LogP contribution is 2.26. The molecule has 0 radical (unpaired) electrons. The number of Topliss-reactive ketones (excluding diaryl/α,β-unsaturated/α-hetero) is 1. The monoisotopic (exact) mass is 345 g/mol. The Morgan fingerprint density at radius 1 is 1.20 bits per heavy atom. The average molecular weight is 345 g/mol. The number of rotatable bonds is 5. The Labute approximate surface area is 149 Å². The molecule has 1 fully saturated rings. The van der Waals surface area contributed by atoms with Crippen LogP contribution < -0.4 is 0 Å². The van der Waals surface area contributed by atoms with Crippen molar-refractivity contribution in [2.45, 2.75) is 51.6 Å². The Hall–Kier alpha value is -2.17. The van der Waals surface area contributed by atoms with E-state index in [2.05, 4.69) is 0 Å². The third kappa shape index (κ3) is 5.69. The van der Waals surface area contributed by atoms with Crippen LogP contribution in [0.2, 0.25) is 0 Å². The third-order valence-electron chi connectivity index (χ3n) is 4.40. The van der Waals surface area contributed by atoms with Gasteiger partial charge in [-0.1, -0.05) is 30.3 Å². The van der Waals surface area contributed by atoms with Crippen LogP contribution in [0, 0.1) is 5.92 Å². The third-order valence-corrected chi connectivity index (χ3v) is 4.40. The summed E-state index contributed by atoms with van der Waals surface area (Å²) in [5.41, 5.74) is 0.241. The maximum atomic E-state index is 12.5. The van der Waals surface area contributed by atoms with Gasteiger partial charge in [-0.2, -0.15) is 0 Å². The van der Waals surface area contributed by atoms with Gasteiger partial charge >= 0.3 is 6.09 Å². The average Bonchev–Trinajstić information content (AvgIpc) is 2.55. The molecule has 0 saturated carbocycles. The zero-order valence-corrected chi connectivity index (χ0v) is 15.2. The lowest BCUT2D eigenvalue weighted by atomic mass is 9.86. The van der Waals surface area contributed by atoms with Gasteiger partial charge in [-0.15, -0.1) is 0 Å². The van der Waals surface area contributed by atoms with Gasteiger partial charge in [0.1, 0.15) is 17.7 Å². The highest BCUT2D eigenvalue weighted by Gasteiger charge is 2.29. The van der Waals surface area contributed by atoms with Crippen LogP contribution in [0.15, 0.2) is 30.3 Å². The van der Waals surface area contributed by atoms with Gasteiger partial charge in [0, 0.05) is 19.5 Å². The molecule has 2 rings (SSSR count). The molecule has 1 atom stereocenters. The highest BCUT2D eigenvalue weighted by atomic mass is 16.6. The van der Waals surface area contributed by atoms with Gasteiger partial charge in [-0.25, -0.2) is 4.79 Å². The predicted molar refractivity (Wildman–Crippen MR) is 95.4 cm³/mol. The van der Waals surface area contributed by atoms with Crippen molar-refractivity contribution in [3.05, 3.63) is 35.9 Å². The predicted octanol–water partition coefficient (Wildman–Crippen LogP) is 3.58. The maximum absolute atomic E-state index is 12.5. The van der Waals surface area contributed by atoms with Gasteiger partial charge in [0.15, 0.2) is 0 Å². The summed E-state index contributed by atoms with van der Waals surface area (Å²) in [5.74, 6) is -0.528. The van der Waals surface area contributed by atoms with Gasteiger partial charge in [0.2, 0.25) is 0 Å². The van der Waals surface area contributed by atoms with Gasteiger partial charge in [-0.3, -0.25) is 4.79 Å². The molecular formula is C20H27NO4. The minimum Gasteiger partial charge on any atom is -0.444 e. The number of aldehydes is 1. The molecule has 1 aromatic rings. The van der Waals surface area contributed by atoms with Crippen molar-refractivity contribution in [2.24, 2.45) is 5.92 Å². The molecule has 136 valence electrons. The number of ketones is 1. The van der Waals surface area contributed by atoms with Crippen molar-refractivity contribution in [3.63, 3.8) is 0 Å². The number of hydrogen-bond acceptors (Lipinski definition) is 4. The number of hydrogen-bond donors (Lipinski definition) is 0. The van der Waals surface area contributed by atoms with Crippen LogP contribution in [0.3, 0.4) is 0 Å². The van der Waals surface area contributed by atoms with Crippen molar-refractivity contribution in [1.82, 2.24) is 4.90 Å². The van der Waals surface area contributed by atoms with E-state index in [0.29, 0.717) is 19.5 Å². The maximum Gasteiger partial charge on any atom is 0.410 e. The van der Waals surface area contributed by atoms with Crippen molar-refractivity contribution in [2.75, 3.05) is 13.1 Å². The molecule has 1 amide bonds. The number of carbonyl (C=O) groups excluding carboxylic acids is 3. The molecule has 1 aromatic carbocycles. The molecule has 1 saturated heterocycles. The summed E-state index contributed by atoms with van der Waals surface area (Å²) in [6, 6.07) is 9.14. The molecule has 1 aliphatic rings. The number of likely N-dealkylation sites (tertiary alicyclic amines) is 1. The largest absolute Gasteiger partial charge is 0.444 e. The summed E-state index contributed by atoms with van der Waals surface area (Å²) in [7, 11) is 0. The first kappa shape index (κ1) is 19.2. The Bertz CT molecular complexity index is 598. The number of ether oxygens (including phenoxy) is 1. The van der Waals surface area contributed by atoms with E-state index in [1.807, 2.05) is 51.1 Å². The topological polar surface area (TPSA) is 63.7 Å². The van der Waals surface area contributed by atoms with Crippen LogP contribution in [-0.4, -0.2) is 41.8 Å². The lowest BCUT2D eigenvalue weighted by molar-refractivity contribution is -0.125. The molecule has 0 N–H and O–H groups in total. The molecule has 0 aliphatic carbocycles. The summed E-state index contributed by atoms with van der Waals surface area (Å²) in [5, 5.41) is 0. The highest BCUT2D eigenvalue weighted by molar-refractivity contribution is 5.99. The van der Waals surface area contributed by atoms with Crippen molar-refractivity contribution in [3.8, 4) is 0 Å². The van der Waals surface area contributed by atoms with E-state index in [1.54, 1.807) is 4.90 Å². The Kier molecular flexibility index (Phi) is 6.34. The van der Waals surface area contributed by atoms with E-state index < -0.39 is 11.5 Å². The summed E-state index contributed by atoms with van der Waals surface area (Å²) < 4.78 is 5.38.